The Morgan fingerprint density at radius 3 is 1.96 bits per heavy atom. The van der Waals surface area contributed by atoms with Gasteiger partial charge in [-0.25, -0.2) is 4.79 Å². The van der Waals surface area contributed by atoms with Gasteiger partial charge in [-0.1, -0.05) is 17.7 Å². The average Bonchev–Trinajstić information content (AvgIpc) is 2.75. The Kier molecular flexibility index (Phi) is 4.76. The molecule has 2 heterocycles. The lowest BCUT2D eigenvalue weighted by Crippen LogP contribution is -2.58. The number of amides is 2. The molecule has 2 aliphatic rings. The monoisotopic (exact) mass is 358 g/mol. The van der Waals surface area contributed by atoms with E-state index in [2.05, 4.69) is 12.1 Å². The van der Waals surface area contributed by atoms with Crippen LogP contribution in [-0.2, 0) is 4.74 Å². The molecule has 2 amide bonds. The van der Waals surface area contributed by atoms with Crippen molar-refractivity contribution in [3.05, 3.63) is 34.4 Å². The second kappa shape index (κ2) is 6.60. The molecule has 1 aromatic carbocycles. The molecule has 2 atom stereocenters. The van der Waals surface area contributed by atoms with Gasteiger partial charge in [-0.2, -0.15) is 0 Å². The maximum absolute atomic E-state index is 13.2. The van der Waals surface area contributed by atoms with E-state index < -0.39 is 5.60 Å². The van der Waals surface area contributed by atoms with Gasteiger partial charge in [0, 0.05) is 18.7 Å². The molecule has 26 heavy (non-hydrogen) atoms. The summed E-state index contributed by atoms with van der Waals surface area (Å²) < 4.78 is 5.57. The Morgan fingerprint density at radius 1 is 1.00 bits per heavy atom. The molecule has 0 spiro atoms. The third-order valence-electron chi connectivity index (χ3n) is 5.26. The van der Waals surface area contributed by atoms with Crippen LogP contribution in [0.1, 0.15) is 60.7 Å². The van der Waals surface area contributed by atoms with E-state index in [4.69, 9.17) is 4.74 Å². The van der Waals surface area contributed by atoms with E-state index in [-0.39, 0.29) is 24.1 Å². The van der Waals surface area contributed by atoms with Crippen LogP contribution >= 0.6 is 0 Å². The van der Waals surface area contributed by atoms with Crippen molar-refractivity contribution in [1.82, 2.24) is 9.80 Å². The van der Waals surface area contributed by atoms with Gasteiger partial charge in [-0.15, -0.1) is 0 Å². The first-order chi connectivity index (χ1) is 12.1. The minimum Gasteiger partial charge on any atom is -0.444 e. The van der Waals surface area contributed by atoms with Crippen molar-refractivity contribution < 1.29 is 14.3 Å². The summed E-state index contributed by atoms with van der Waals surface area (Å²) in [6.07, 6.45) is 1.61. The zero-order chi connectivity index (χ0) is 19.2. The molecule has 2 saturated heterocycles. The van der Waals surface area contributed by atoms with Crippen LogP contribution in [0, 0.1) is 20.8 Å². The van der Waals surface area contributed by atoms with E-state index in [0.717, 1.165) is 29.5 Å². The van der Waals surface area contributed by atoms with Gasteiger partial charge in [0.25, 0.3) is 5.91 Å². The van der Waals surface area contributed by atoms with Crippen molar-refractivity contribution in [2.24, 2.45) is 0 Å². The third-order valence-corrected chi connectivity index (χ3v) is 5.26. The summed E-state index contributed by atoms with van der Waals surface area (Å²) in [4.78, 5) is 29.5. The number of benzene rings is 1. The minimum atomic E-state index is -0.500. The molecule has 0 radical (unpaired) electrons. The van der Waals surface area contributed by atoms with E-state index in [1.54, 1.807) is 0 Å². The highest BCUT2D eigenvalue weighted by molar-refractivity contribution is 5.97. The largest absolute Gasteiger partial charge is 0.444 e. The Labute approximate surface area is 156 Å². The predicted octanol–water partition coefficient (Wildman–Crippen LogP) is 3.84. The van der Waals surface area contributed by atoms with Crippen molar-refractivity contribution in [3.63, 3.8) is 0 Å². The van der Waals surface area contributed by atoms with Gasteiger partial charge in [0.1, 0.15) is 5.60 Å². The van der Waals surface area contributed by atoms with Crippen LogP contribution in [0.2, 0.25) is 0 Å². The lowest BCUT2D eigenvalue weighted by atomic mass is 9.98. The summed E-state index contributed by atoms with van der Waals surface area (Å²) in [5, 5.41) is 0. The molecule has 2 fully saturated rings. The second-order valence-corrected chi connectivity index (χ2v) is 8.76. The zero-order valence-electron chi connectivity index (χ0n) is 16.8. The van der Waals surface area contributed by atoms with Crippen LogP contribution in [0.3, 0.4) is 0 Å². The highest BCUT2D eigenvalue weighted by atomic mass is 16.6. The van der Waals surface area contributed by atoms with Gasteiger partial charge in [0.05, 0.1) is 12.1 Å². The first-order valence-electron chi connectivity index (χ1n) is 9.45. The van der Waals surface area contributed by atoms with Gasteiger partial charge in [-0.05, 0) is 65.5 Å². The summed E-state index contributed by atoms with van der Waals surface area (Å²) in [6, 6.07) is 4.23. The number of hydrogen-bond acceptors (Lipinski definition) is 3. The number of hydrogen-bond donors (Lipinski definition) is 0. The molecule has 2 bridgehead atoms. The molecule has 5 nitrogen and oxygen atoms in total. The number of ether oxygens (including phenoxy) is 1. The molecule has 3 rings (SSSR count). The van der Waals surface area contributed by atoms with Crippen molar-refractivity contribution in [1.29, 1.82) is 0 Å². The maximum atomic E-state index is 13.2. The highest BCUT2D eigenvalue weighted by Crippen LogP contribution is 2.33. The number of carbonyl (C=O) groups excluding carboxylic acids is 2. The standard InChI is InChI=1S/C21H30N2O3/c1-13-9-14(2)18(15(3)10-13)19(24)22-11-16-7-8-17(12-22)23(16)20(25)26-21(4,5)6/h9-10,16-17H,7-8,11-12H2,1-6H3. The molecule has 1 aromatic rings. The Bertz CT molecular complexity index is 698. The van der Waals surface area contributed by atoms with Crippen LogP contribution < -0.4 is 0 Å². The molecule has 0 aliphatic carbocycles. The number of likely N-dealkylation sites (tertiary alicyclic amines) is 1. The molecule has 0 aromatic heterocycles. The first kappa shape index (κ1) is 18.7. The van der Waals surface area contributed by atoms with Crippen LogP contribution in [0.5, 0.6) is 0 Å². The third kappa shape index (κ3) is 3.57. The van der Waals surface area contributed by atoms with Gasteiger partial charge in [-0.3, -0.25) is 9.69 Å². The summed E-state index contributed by atoms with van der Waals surface area (Å²) in [7, 11) is 0. The predicted molar refractivity (Wildman–Crippen MR) is 101 cm³/mol. The molecular formula is C21H30N2O3. The molecule has 0 N–H and O–H groups in total. The summed E-state index contributed by atoms with van der Waals surface area (Å²) >= 11 is 0. The lowest BCUT2D eigenvalue weighted by molar-refractivity contribution is -0.00338. The Morgan fingerprint density at radius 2 is 1.50 bits per heavy atom. The molecule has 2 unspecified atom stereocenters. The summed E-state index contributed by atoms with van der Waals surface area (Å²) in [5.74, 6) is 0.0840. The minimum absolute atomic E-state index is 0.0543. The quantitative estimate of drug-likeness (QED) is 0.766. The summed E-state index contributed by atoms with van der Waals surface area (Å²) in [5.41, 5.74) is 3.52. The molecule has 0 saturated carbocycles. The smallest absolute Gasteiger partial charge is 0.410 e. The van der Waals surface area contributed by atoms with E-state index in [0.29, 0.717) is 13.1 Å². The van der Waals surface area contributed by atoms with Crippen molar-refractivity contribution in [2.45, 2.75) is 72.1 Å². The number of piperazine rings is 1. The molecular weight excluding hydrogens is 328 g/mol. The lowest BCUT2D eigenvalue weighted by Gasteiger charge is -2.41. The van der Waals surface area contributed by atoms with E-state index in [1.807, 2.05) is 51.3 Å². The number of nitrogens with zero attached hydrogens (tertiary/aromatic N) is 2. The fraction of sp³-hybridized carbons (Fsp3) is 0.619. The van der Waals surface area contributed by atoms with Crippen LogP contribution in [0.15, 0.2) is 12.1 Å². The van der Waals surface area contributed by atoms with Crippen LogP contribution in [0.4, 0.5) is 4.79 Å². The fourth-order valence-corrected chi connectivity index (χ4v) is 4.36. The van der Waals surface area contributed by atoms with Gasteiger partial charge < -0.3 is 9.64 Å². The molecule has 2 aliphatic heterocycles. The van der Waals surface area contributed by atoms with Gasteiger partial charge >= 0.3 is 6.09 Å². The number of aryl methyl sites for hydroxylation is 3. The van der Waals surface area contributed by atoms with Crippen LogP contribution in [0.25, 0.3) is 0 Å². The Hall–Kier alpha value is -2.04. The normalized spacial score (nSPS) is 22.5. The average molecular weight is 358 g/mol. The van der Waals surface area contributed by atoms with Gasteiger partial charge in [0.15, 0.2) is 0 Å². The van der Waals surface area contributed by atoms with E-state index >= 15 is 0 Å². The SMILES string of the molecule is Cc1cc(C)c(C(=O)N2CC3CCC(C2)N3C(=O)OC(C)(C)C)c(C)c1. The molecule has 142 valence electrons. The van der Waals surface area contributed by atoms with E-state index in [9.17, 15) is 9.59 Å². The highest BCUT2D eigenvalue weighted by Gasteiger charge is 2.45. The molecule has 5 heteroatoms. The van der Waals surface area contributed by atoms with Crippen LogP contribution in [-0.4, -0.2) is 52.6 Å². The summed E-state index contributed by atoms with van der Waals surface area (Å²) in [6.45, 7) is 12.9. The topological polar surface area (TPSA) is 49.9 Å². The van der Waals surface area contributed by atoms with Gasteiger partial charge in [0.2, 0.25) is 0 Å². The van der Waals surface area contributed by atoms with Crippen molar-refractivity contribution >= 4 is 12.0 Å². The van der Waals surface area contributed by atoms with Crippen molar-refractivity contribution in [2.75, 3.05) is 13.1 Å². The number of fused-ring (bicyclic) bond motifs is 2. The maximum Gasteiger partial charge on any atom is 0.410 e. The first-order valence-corrected chi connectivity index (χ1v) is 9.45. The fourth-order valence-electron chi connectivity index (χ4n) is 4.36. The Balaban J connectivity index is 1.77. The van der Waals surface area contributed by atoms with Crippen molar-refractivity contribution in [3.8, 4) is 0 Å². The number of carbonyl (C=O) groups is 2. The number of rotatable bonds is 1. The second-order valence-electron chi connectivity index (χ2n) is 8.76. The van der Waals surface area contributed by atoms with E-state index in [1.165, 1.54) is 5.56 Å². The zero-order valence-corrected chi connectivity index (χ0v) is 16.8.